The molecule has 3 rings (SSSR count). The molecular formula is C14H10N2O3. The number of hydrogen-bond acceptors (Lipinski definition) is 5. The summed E-state index contributed by atoms with van der Waals surface area (Å²) in [6, 6.07) is 8.81. The number of ether oxygens (including phenoxy) is 1. The van der Waals surface area contributed by atoms with Crippen LogP contribution in [0.15, 0.2) is 51.9 Å². The highest BCUT2D eigenvalue weighted by Gasteiger charge is 2.12. The topological polar surface area (TPSA) is 65.2 Å². The fraction of sp³-hybridized carbons (Fsp3) is 0.0714. The molecule has 2 aromatic heterocycles. The normalized spacial score (nSPS) is 10.6. The maximum Gasteiger partial charge on any atom is 0.284 e. The average Bonchev–Trinajstić information content (AvgIpc) is 2.47. The van der Waals surface area contributed by atoms with Crippen LogP contribution in [0.5, 0.6) is 5.75 Å². The summed E-state index contributed by atoms with van der Waals surface area (Å²) in [5, 5.41) is 0.411. The Balaban J connectivity index is 2.29. The van der Waals surface area contributed by atoms with Gasteiger partial charge in [-0.2, -0.15) is 4.98 Å². The Bertz CT molecular complexity index is 796. The molecule has 0 amide bonds. The van der Waals surface area contributed by atoms with Gasteiger partial charge in [0, 0.05) is 6.20 Å². The van der Waals surface area contributed by atoms with Gasteiger partial charge in [-0.15, -0.1) is 0 Å². The van der Waals surface area contributed by atoms with Crippen molar-refractivity contribution in [3.8, 4) is 17.2 Å². The average molecular weight is 254 g/mol. The summed E-state index contributed by atoms with van der Waals surface area (Å²) in [5.74, 6) is 0.823. The molecule has 3 aromatic rings. The molecule has 5 heteroatoms. The van der Waals surface area contributed by atoms with Crippen molar-refractivity contribution >= 4 is 11.0 Å². The molecule has 1 aromatic carbocycles. The van der Waals surface area contributed by atoms with Gasteiger partial charge in [0.1, 0.15) is 5.75 Å². The Morgan fingerprint density at radius 3 is 2.89 bits per heavy atom. The molecule has 5 nitrogen and oxygen atoms in total. The highest BCUT2D eigenvalue weighted by atomic mass is 16.5. The molecule has 94 valence electrons. The van der Waals surface area contributed by atoms with Gasteiger partial charge in [0.2, 0.25) is 5.89 Å². The van der Waals surface area contributed by atoms with E-state index in [1.165, 1.54) is 12.4 Å². The molecule has 0 radical (unpaired) electrons. The molecule has 0 aliphatic rings. The maximum atomic E-state index is 11.9. The van der Waals surface area contributed by atoms with Crippen LogP contribution < -0.4 is 10.3 Å². The number of hydrogen-bond donors (Lipinski definition) is 0. The van der Waals surface area contributed by atoms with Crippen LogP contribution in [-0.4, -0.2) is 17.1 Å². The minimum atomic E-state index is -0.343. The molecule has 0 bridgehead atoms. The van der Waals surface area contributed by atoms with E-state index in [1.54, 1.807) is 25.3 Å². The quantitative estimate of drug-likeness (QED) is 0.701. The fourth-order valence-electron chi connectivity index (χ4n) is 1.85. The maximum absolute atomic E-state index is 11.9. The second kappa shape index (κ2) is 4.53. The molecule has 0 saturated heterocycles. The molecule has 0 saturated carbocycles. The van der Waals surface area contributed by atoms with E-state index >= 15 is 0 Å². The Morgan fingerprint density at radius 1 is 1.21 bits per heavy atom. The number of methoxy groups -OCH3 is 1. The first-order valence-electron chi connectivity index (χ1n) is 5.68. The molecule has 0 aliphatic carbocycles. The number of fused-ring (bicyclic) bond motifs is 1. The van der Waals surface area contributed by atoms with Crippen LogP contribution in [0.1, 0.15) is 0 Å². The SMILES string of the molecule is COc1ccccc1-c1nc(=O)c2ccncc2o1. The van der Waals surface area contributed by atoms with E-state index in [4.69, 9.17) is 9.15 Å². The summed E-state index contributed by atoms with van der Waals surface area (Å²) in [6.07, 6.45) is 3.03. The zero-order valence-corrected chi connectivity index (χ0v) is 10.2. The number of para-hydroxylation sites is 1. The lowest BCUT2D eigenvalue weighted by Crippen LogP contribution is -2.07. The lowest BCUT2D eigenvalue weighted by Gasteiger charge is -2.06. The second-order valence-electron chi connectivity index (χ2n) is 3.90. The predicted molar refractivity (Wildman–Crippen MR) is 70.1 cm³/mol. The molecule has 2 heterocycles. The van der Waals surface area contributed by atoms with E-state index < -0.39 is 0 Å². The van der Waals surface area contributed by atoms with Gasteiger partial charge in [-0.1, -0.05) is 12.1 Å². The number of nitrogens with zero attached hydrogens (tertiary/aromatic N) is 2. The van der Waals surface area contributed by atoms with Crippen molar-refractivity contribution in [1.29, 1.82) is 0 Å². The Morgan fingerprint density at radius 2 is 2.05 bits per heavy atom. The molecule has 0 unspecified atom stereocenters. The summed E-state index contributed by atoms with van der Waals surface area (Å²) >= 11 is 0. The van der Waals surface area contributed by atoms with Crippen LogP contribution in [0.2, 0.25) is 0 Å². The lowest BCUT2D eigenvalue weighted by atomic mass is 10.2. The Labute approximate surface area is 108 Å². The zero-order valence-electron chi connectivity index (χ0n) is 10.2. The third-order valence-electron chi connectivity index (χ3n) is 2.76. The molecule has 0 aliphatic heterocycles. The monoisotopic (exact) mass is 254 g/mol. The fourth-order valence-corrected chi connectivity index (χ4v) is 1.85. The number of benzene rings is 1. The van der Waals surface area contributed by atoms with E-state index in [9.17, 15) is 4.79 Å². The van der Waals surface area contributed by atoms with E-state index in [0.29, 0.717) is 22.3 Å². The van der Waals surface area contributed by atoms with Crippen molar-refractivity contribution in [3.05, 3.63) is 53.1 Å². The number of aromatic nitrogens is 2. The van der Waals surface area contributed by atoms with Crippen molar-refractivity contribution < 1.29 is 9.15 Å². The van der Waals surface area contributed by atoms with Crippen LogP contribution in [0.3, 0.4) is 0 Å². The summed E-state index contributed by atoms with van der Waals surface area (Å²) in [7, 11) is 1.56. The molecule has 0 N–H and O–H groups in total. The molecule has 0 spiro atoms. The van der Waals surface area contributed by atoms with Gasteiger partial charge in [0.05, 0.1) is 24.3 Å². The highest BCUT2D eigenvalue weighted by molar-refractivity contribution is 5.76. The largest absolute Gasteiger partial charge is 0.496 e. The van der Waals surface area contributed by atoms with E-state index in [0.717, 1.165) is 0 Å². The molecule has 19 heavy (non-hydrogen) atoms. The van der Waals surface area contributed by atoms with Crippen LogP contribution in [0.4, 0.5) is 0 Å². The highest BCUT2D eigenvalue weighted by Crippen LogP contribution is 2.28. The molecule has 0 fully saturated rings. The van der Waals surface area contributed by atoms with Crippen LogP contribution in [0.25, 0.3) is 22.4 Å². The summed E-state index contributed by atoms with van der Waals surface area (Å²) in [4.78, 5) is 19.8. The van der Waals surface area contributed by atoms with E-state index in [-0.39, 0.29) is 11.4 Å². The second-order valence-corrected chi connectivity index (χ2v) is 3.90. The van der Waals surface area contributed by atoms with Gasteiger partial charge in [0.15, 0.2) is 5.58 Å². The molecular weight excluding hydrogens is 244 g/mol. The first-order chi connectivity index (χ1) is 9.29. The van der Waals surface area contributed by atoms with Crippen molar-refractivity contribution in [1.82, 2.24) is 9.97 Å². The lowest BCUT2D eigenvalue weighted by molar-refractivity contribution is 0.414. The van der Waals surface area contributed by atoms with Gasteiger partial charge < -0.3 is 9.15 Å². The van der Waals surface area contributed by atoms with Crippen LogP contribution in [0, 0.1) is 0 Å². The Kier molecular flexibility index (Phi) is 2.72. The first-order valence-corrected chi connectivity index (χ1v) is 5.68. The van der Waals surface area contributed by atoms with Gasteiger partial charge >= 0.3 is 0 Å². The Hall–Kier alpha value is -2.69. The summed E-state index contributed by atoms with van der Waals surface area (Å²) < 4.78 is 10.9. The number of rotatable bonds is 2. The predicted octanol–water partition coefficient (Wildman–Crippen LogP) is 2.26. The minimum Gasteiger partial charge on any atom is -0.496 e. The zero-order chi connectivity index (χ0) is 13.2. The van der Waals surface area contributed by atoms with Crippen molar-refractivity contribution in [3.63, 3.8) is 0 Å². The van der Waals surface area contributed by atoms with Gasteiger partial charge in [-0.3, -0.25) is 9.78 Å². The van der Waals surface area contributed by atoms with Crippen LogP contribution in [-0.2, 0) is 0 Å². The van der Waals surface area contributed by atoms with Crippen molar-refractivity contribution in [2.24, 2.45) is 0 Å². The van der Waals surface area contributed by atoms with Crippen molar-refractivity contribution in [2.75, 3.05) is 7.11 Å². The van der Waals surface area contributed by atoms with E-state index in [2.05, 4.69) is 9.97 Å². The van der Waals surface area contributed by atoms with Gasteiger partial charge in [-0.05, 0) is 18.2 Å². The standard InChI is InChI=1S/C14H10N2O3/c1-18-11-5-3-2-4-10(11)14-16-13(17)9-6-7-15-8-12(9)19-14/h2-8H,1H3. The van der Waals surface area contributed by atoms with Crippen molar-refractivity contribution in [2.45, 2.75) is 0 Å². The third-order valence-corrected chi connectivity index (χ3v) is 2.76. The van der Waals surface area contributed by atoms with Gasteiger partial charge in [0.25, 0.3) is 5.56 Å². The summed E-state index contributed by atoms with van der Waals surface area (Å²) in [5.41, 5.74) is 0.695. The first kappa shape index (κ1) is 11.4. The summed E-state index contributed by atoms with van der Waals surface area (Å²) in [6.45, 7) is 0. The third kappa shape index (κ3) is 1.95. The van der Waals surface area contributed by atoms with Crippen LogP contribution >= 0.6 is 0 Å². The number of pyridine rings is 1. The minimum absolute atomic E-state index is 0.225. The smallest absolute Gasteiger partial charge is 0.284 e. The molecule has 0 atom stereocenters. The van der Waals surface area contributed by atoms with E-state index in [1.807, 2.05) is 12.1 Å². The van der Waals surface area contributed by atoms with Gasteiger partial charge in [-0.25, -0.2) is 0 Å².